The Bertz CT molecular complexity index is 1210. The van der Waals surface area contributed by atoms with E-state index in [0.717, 1.165) is 28.0 Å². The largest absolute Gasteiger partial charge is 0.294 e. The van der Waals surface area contributed by atoms with E-state index in [1.807, 2.05) is 48.5 Å². The number of carbonyl (C=O) groups is 1. The second-order valence-corrected chi connectivity index (χ2v) is 7.89. The molecule has 2 aromatic heterocycles. The van der Waals surface area contributed by atoms with Gasteiger partial charge in [0.25, 0.3) is 0 Å². The summed E-state index contributed by atoms with van der Waals surface area (Å²) < 4.78 is 1.68. The fraction of sp³-hybridized carbons (Fsp3) is 0.136. The zero-order valence-corrected chi connectivity index (χ0v) is 16.3. The normalized spacial score (nSPS) is 16.4. The highest BCUT2D eigenvalue weighted by molar-refractivity contribution is 6.31. The highest BCUT2D eigenvalue weighted by atomic mass is 35.5. The van der Waals surface area contributed by atoms with Crippen LogP contribution in [0.3, 0.4) is 0 Å². The molecule has 1 unspecified atom stereocenters. The molecule has 4 aromatic rings. The maximum atomic E-state index is 12.8. The molecular formula is C22H15Cl2N3O. The number of aromatic nitrogens is 3. The van der Waals surface area contributed by atoms with Crippen LogP contribution in [0.4, 0.5) is 0 Å². The summed E-state index contributed by atoms with van der Waals surface area (Å²) in [5.74, 6) is 0.195. The lowest BCUT2D eigenvalue weighted by Gasteiger charge is -2.23. The van der Waals surface area contributed by atoms with Gasteiger partial charge in [0.2, 0.25) is 0 Å². The number of fused-ring (bicyclic) bond motifs is 2. The van der Waals surface area contributed by atoms with Crippen molar-refractivity contribution in [1.29, 1.82) is 0 Å². The van der Waals surface area contributed by atoms with Crippen LogP contribution >= 0.6 is 23.2 Å². The summed E-state index contributed by atoms with van der Waals surface area (Å²) in [5.41, 5.74) is 5.14. The fourth-order valence-electron chi connectivity index (χ4n) is 3.80. The van der Waals surface area contributed by atoms with Crippen molar-refractivity contribution in [3.63, 3.8) is 0 Å². The quantitative estimate of drug-likeness (QED) is 0.433. The van der Waals surface area contributed by atoms with Crippen LogP contribution in [0.15, 0.2) is 60.9 Å². The SMILES string of the molecule is O=C1CC(c2ccc(Cl)cc2)Cc2nc3c(-c4cccc(Cl)c4)cnn3cc21. The minimum Gasteiger partial charge on any atom is -0.294 e. The smallest absolute Gasteiger partial charge is 0.166 e. The third-order valence-corrected chi connectivity index (χ3v) is 5.71. The highest BCUT2D eigenvalue weighted by Gasteiger charge is 2.28. The number of halogens is 2. The summed E-state index contributed by atoms with van der Waals surface area (Å²) in [7, 11) is 0. The molecule has 0 saturated heterocycles. The number of Topliss-reactive ketones (excluding diaryl/α,β-unsaturated/α-hetero) is 1. The van der Waals surface area contributed by atoms with E-state index in [1.54, 1.807) is 16.9 Å². The summed E-state index contributed by atoms with van der Waals surface area (Å²) in [6, 6.07) is 15.3. The number of hydrogen-bond acceptors (Lipinski definition) is 3. The molecule has 4 nitrogen and oxygen atoms in total. The lowest BCUT2D eigenvalue weighted by Crippen LogP contribution is -2.21. The molecule has 6 heteroatoms. The minimum absolute atomic E-state index is 0.0930. The van der Waals surface area contributed by atoms with Crippen molar-refractivity contribution >= 4 is 34.6 Å². The molecule has 28 heavy (non-hydrogen) atoms. The maximum Gasteiger partial charge on any atom is 0.166 e. The van der Waals surface area contributed by atoms with E-state index in [2.05, 4.69) is 5.10 Å². The minimum atomic E-state index is 0.0930. The molecule has 2 aromatic carbocycles. The van der Waals surface area contributed by atoms with E-state index in [-0.39, 0.29) is 11.7 Å². The number of rotatable bonds is 2. The number of hydrogen-bond donors (Lipinski definition) is 0. The molecule has 1 atom stereocenters. The molecule has 0 bridgehead atoms. The zero-order valence-electron chi connectivity index (χ0n) is 14.8. The van der Waals surface area contributed by atoms with Crippen molar-refractivity contribution in [2.75, 3.05) is 0 Å². The van der Waals surface area contributed by atoms with E-state index in [4.69, 9.17) is 28.2 Å². The van der Waals surface area contributed by atoms with Gasteiger partial charge in [-0.1, -0.05) is 47.5 Å². The van der Waals surface area contributed by atoms with Crippen LogP contribution in [0.2, 0.25) is 10.0 Å². The summed E-state index contributed by atoms with van der Waals surface area (Å²) in [5, 5.41) is 5.75. The standard InChI is InChI=1S/C22H15Cl2N3O/c23-16-6-4-13(5-7-16)15-9-20-19(21(28)10-15)12-27-22(26-20)18(11-25-27)14-2-1-3-17(24)8-14/h1-8,11-12,15H,9-10H2. The lowest BCUT2D eigenvalue weighted by molar-refractivity contribution is 0.0962. The first kappa shape index (κ1) is 17.4. The van der Waals surface area contributed by atoms with Crippen LogP contribution in [0.1, 0.15) is 34.0 Å². The fourth-order valence-corrected chi connectivity index (χ4v) is 4.12. The van der Waals surface area contributed by atoms with Gasteiger partial charge in [-0.25, -0.2) is 9.50 Å². The number of ketones is 1. The Labute approximate surface area is 171 Å². The molecular weight excluding hydrogens is 393 g/mol. The van der Waals surface area contributed by atoms with E-state index >= 15 is 0 Å². The first-order valence-corrected chi connectivity index (χ1v) is 9.76. The summed E-state index contributed by atoms with van der Waals surface area (Å²) >= 11 is 12.1. The predicted octanol–water partition coefficient (Wildman–Crippen LogP) is 5.62. The van der Waals surface area contributed by atoms with Gasteiger partial charge in [-0.05, 0) is 47.7 Å². The Morgan fingerprint density at radius 3 is 2.57 bits per heavy atom. The maximum absolute atomic E-state index is 12.8. The Balaban J connectivity index is 1.59. The lowest BCUT2D eigenvalue weighted by atomic mass is 9.82. The molecule has 0 amide bonds. The first-order chi connectivity index (χ1) is 13.6. The van der Waals surface area contributed by atoms with Gasteiger partial charge in [0.05, 0.1) is 17.5 Å². The van der Waals surface area contributed by atoms with Crippen LogP contribution in [-0.4, -0.2) is 20.4 Å². The average molecular weight is 408 g/mol. The molecule has 0 aliphatic heterocycles. The van der Waals surface area contributed by atoms with E-state index < -0.39 is 0 Å². The molecule has 5 rings (SSSR count). The van der Waals surface area contributed by atoms with Crippen LogP contribution in [0.5, 0.6) is 0 Å². The van der Waals surface area contributed by atoms with Crippen molar-refractivity contribution < 1.29 is 4.79 Å². The van der Waals surface area contributed by atoms with E-state index in [1.165, 1.54) is 0 Å². The van der Waals surface area contributed by atoms with Crippen molar-refractivity contribution in [2.24, 2.45) is 0 Å². The molecule has 138 valence electrons. The zero-order chi connectivity index (χ0) is 19.3. The van der Waals surface area contributed by atoms with Crippen molar-refractivity contribution in [3.05, 3.63) is 87.8 Å². The number of benzene rings is 2. The van der Waals surface area contributed by atoms with Gasteiger partial charge < -0.3 is 0 Å². The van der Waals surface area contributed by atoms with Crippen molar-refractivity contribution in [1.82, 2.24) is 14.6 Å². The molecule has 1 aliphatic rings. The van der Waals surface area contributed by atoms with Gasteiger partial charge in [0.1, 0.15) is 0 Å². The van der Waals surface area contributed by atoms with E-state index in [9.17, 15) is 4.79 Å². The number of carbonyl (C=O) groups excluding carboxylic acids is 1. The van der Waals surface area contributed by atoms with Crippen molar-refractivity contribution in [2.45, 2.75) is 18.8 Å². The highest BCUT2D eigenvalue weighted by Crippen LogP contribution is 2.34. The van der Waals surface area contributed by atoms with Crippen molar-refractivity contribution in [3.8, 4) is 11.1 Å². The monoisotopic (exact) mass is 407 g/mol. The Morgan fingerprint density at radius 1 is 0.964 bits per heavy atom. The Kier molecular flexibility index (Phi) is 4.18. The third kappa shape index (κ3) is 2.99. The molecule has 0 radical (unpaired) electrons. The molecule has 0 saturated carbocycles. The summed E-state index contributed by atoms with van der Waals surface area (Å²) in [4.78, 5) is 17.6. The van der Waals surface area contributed by atoms with Gasteiger partial charge in [-0.15, -0.1) is 0 Å². The Morgan fingerprint density at radius 2 is 1.79 bits per heavy atom. The second-order valence-electron chi connectivity index (χ2n) is 7.02. The van der Waals surface area contributed by atoms with Crippen LogP contribution in [0, 0.1) is 0 Å². The molecule has 0 fully saturated rings. The summed E-state index contributed by atoms with van der Waals surface area (Å²) in [6.07, 6.45) is 4.73. The van der Waals surface area contributed by atoms with Gasteiger partial charge in [0.15, 0.2) is 11.4 Å². The predicted molar refractivity (Wildman–Crippen MR) is 110 cm³/mol. The topological polar surface area (TPSA) is 47.3 Å². The van der Waals surface area contributed by atoms with Gasteiger partial charge in [0, 0.05) is 28.2 Å². The second kappa shape index (κ2) is 6.73. The van der Waals surface area contributed by atoms with Crippen LogP contribution < -0.4 is 0 Å². The average Bonchev–Trinajstić information content (AvgIpc) is 3.10. The molecule has 0 spiro atoms. The van der Waals surface area contributed by atoms with Gasteiger partial charge in [-0.3, -0.25) is 4.79 Å². The van der Waals surface area contributed by atoms with E-state index in [0.29, 0.717) is 28.5 Å². The van der Waals surface area contributed by atoms with Gasteiger partial charge in [-0.2, -0.15) is 5.10 Å². The van der Waals surface area contributed by atoms with Crippen LogP contribution in [0.25, 0.3) is 16.8 Å². The molecule has 1 aliphatic carbocycles. The number of nitrogens with zero attached hydrogens (tertiary/aromatic N) is 3. The Hall–Kier alpha value is -2.69. The third-order valence-electron chi connectivity index (χ3n) is 5.22. The molecule has 0 N–H and O–H groups in total. The first-order valence-electron chi connectivity index (χ1n) is 9.00. The van der Waals surface area contributed by atoms with Crippen LogP contribution in [-0.2, 0) is 6.42 Å². The summed E-state index contributed by atoms with van der Waals surface area (Å²) in [6.45, 7) is 0. The van der Waals surface area contributed by atoms with Gasteiger partial charge >= 0.3 is 0 Å². The molecule has 2 heterocycles.